The minimum absolute atomic E-state index is 0.363. The molecule has 5 nitrogen and oxygen atoms in total. The van der Waals surface area contributed by atoms with Crippen molar-refractivity contribution in [2.24, 2.45) is 5.92 Å². The summed E-state index contributed by atoms with van der Waals surface area (Å²) in [4.78, 5) is 21.4. The Bertz CT molecular complexity index is 356. The molecule has 2 unspecified atom stereocenters. The van der Waals surface area contributed by atoms with E-state index in [4.69, 9.17) is 5.11 Å². The number of rotatable bonds is 3. The van der Waals surface area contributed by atoms with Crippen LogP contribution in [0, 0.1) is 5.92 Å². The Labute approximate surface area is 96.9 Å². The van der Waals surface area contributed by atoms with E-state index in [-0.39, 0.29) is 6.61 Å². The molecule has 0 spiro atoms. The van der Waals surface area contributed by atoms with E-state index in [2.05, 4.69) is 4.74 Å². The minimum atomic E-state index is -6.03. The number of aliphatic carboxylic acids is 1. The fourth-order valence-electron chi connectivity index (χ4n) is 1.33. The number of carboxylic acids is 1. The molecule has 10 heteroatoms. The molecule has 1 rings (SSSR count). The fourth-order valence-corrected chi connectivity index (χ4v) is 1.33. The zero-order chi connectivity index (χ0) is 14.1. The van der Waals surface area contributed by atoms with Crippen LogP contribution in [0.3, 0.4) is 0 Å². The zero-order valence-corrected chi connectivity index (χ0v) is 8.63. The van der Waals surface area contributed by atoms with E-state index in [0.717, 1.165) is 0 Å². The maximum Gasteiger partial charge on any atom is 0.463 e. The number of halogens is 5. The Morgan fingerprint density at radius 3 is 2.17 bits per heavy atom. The lowest BCUT2D eigenvalue weighted by molar-refractivity contribution is -0.270. The van der Waals surface area contributed by atoms with E-state index in [9.17, 15) is 31.5 Å². The second-order valence-corrected chi connectivity index (χ2v) is 3.63. The molecule has 2 atom stereocenters. The zero-order valence-electron chi connectivity index (χ0n) is 8.63. The number of carbonyl (C=O) groups is 2. The molecular formula is C8H8F5NO4. The maximum absolute atomic E-state index is 12.6. The van der Waals surface area contributed by atoms with Gasteiger partial charge in [-0.15, -0.1) is 0 Å². The summed E-state index contributed by atoms with van der Waals surface area (Å²) >= 11 is 0. The summed E-state index contributed by atoms with van der Waals surface area (Å²) in [5.74, 6) is -11.0. The van der Waals surface area contributed by atoms with E-state index in [1.54, 1.807) is 0 Å². The van der Waals surface area contributed by atoms with E-state index in [1.807, 2.05) is 0 Å². The van der Waals surface area contributed by atoms with Gasteiger partial charge in [0.05, 0.1) is 19.3 Å². The standard InChI is InChI=1S/C8H8F5NO4/c9-7(10,8(11,12)13)6(17)14-4-2-18-1-3(4)5(15)16/h3-4H,1-2H2,(H,14,17)(H,15,16). The van der Waals surface area contributed by atoms with Crippen molar-refractivity contribution in [3.8, 4) is 0 Å². The Kier molecular flexibility index (Phi) is 3.79. The summed E-state index contributed by atoms with van der Waals surface area (Å²) in [5.41, 5.74) is 0. The molecule has 1 fully saturated rings. The van der Waals surface area contributed by atoms with Crippen LogP contribution in [0.15, 0.2) is 0 Å². The molecule has 0 aromatic rings. The molecule has 1 amide bonds. The summed E-state index contributed by atoms with van der Waals surface area (Å²) in [6.07, 6.45) is -6.03. The Morgan fingerprint density at radius 2 is 1.72 bits per heavy atom. The lowest BCUT2D eigenvalue weighted by atomic mass is 10.0. The molecule has 18 heavy (non-hydrogen) atoms. The van der Waals surface area contributed by atoms with Crippen LogP contribution in [0.2, 0.25) is 0 Å². The third kappa shape index (κ3) is 2.68. The molecule has 104 valence electrons. The average Bonchev–Trinajstić information content (AvgIpc) is 2.63. The van der Waals surface area contributed by atoms with E-state index in [0.29, 0.717) is 0 Å². The molecule has 0 aliphatic carbocycles. The van der Waals surface area contributed by atoms with Crippen molar-refractivity contribution < 1.29 is 41.4 Å². The number of carboxylic acid groups (broad SMARTS) is 1. The molecule has 0 bridgehead atoms. The van der Waals surface area contributed by atoms with Crippen molar-refractivity contribution >= 4 is 11.9 Å². The van der Waals surface area contributed by atoms with Gasteiger partial charge in [0.2, 0.25) is 0 Å². The van der Waals surface area contributed by atoms with Crippen LogP contribution < -0.4 is 5.32 Å². The van der Waals surface area contributed by atoms with Gasteiger partial charge in [0.15, 0.2) is 0 Å². The third-order valence-electron chi connectivity index (χ3n) is 2.36. The largest absolute Gasteiger partial charge is 0.481 e. The first-order chi connectivity index (χ1) is 8.07. The molecule has 0 radical (unpaired) electrons. The molecule has 1 heterocycles. The van der Waals surface area contributed by atoms with Gasteiger partial charge in [-0.2, -0.15) is 22.0 Å². The van der Waals surface area contributed by atoms with Crippen LogP contribution in [-0.2, 0) is 14.3 Å². The van der Waals surface area contributed by atoms with Crippen molar-refractivity contribution in [3.05, 3.63) is 0 Å². The van der Waals surface area contributed by atoms with E-state index < -0.39 is 42.5 Å². The number of alkyl halides is 5. The van der Waals surface area contributed by atoms with Crippen molar-refractivity contribution in [1.29, 1.82) is 0 Å². The van der Waals surface area contributed by atoms with Crippen LogP contribution >= 0.6 is 0 Å². The van der Waals surface area contributed by atoms with Crippen LogP contribution in [0.1, 0.15) is 0 Å². The van der Waals surface area contributed by atoms with Gasteiger partial charge in [0.1, 0.15) is 5.92 Å². The second-order valence-electron chi connectivity index (χ2n) is 3.63. The minimum Gasteiger partial charge on any atom is -0.481 e. The van der Waals surface area contributed by atoms with Gasteiger partial charge in [0, 0.05) is 0 Å². The van der Waals surface area contributed by atoms with Crippen LogP contribution in [0.25, 0.3) is 0 Å². The summed E-state index contributed by atoms with van der Waals surface area (Å²) in [7, 11) is 0. The highest BCUT2D eigenvalue weighted by Gasteiger charge is 2.64. The molecule has 0 saturated carbocycles. The van der Waals surface area contributed by atoms with Crippen molar-refractivity contribution in [3.63, 3.8) is 0 Å². The molecule has 0 aromatic heterocycles. The summed E-state index contributed by atoms with van der Waals surface area (Å²) < 4.78 is 65.3. The lowest BCUT2D eigenvalue weighted by Crippen LogP contribution is -2.55. The normalized spacial score (nSPS) is 24.9. The van der Waals surface area contributed by atoms with Crippen LogP contribution in [0.4, 0.5) is 22.0 Å². The number of amides is 1. The van der Waals surface area contributed by atoms with Gasteiger partial charge in [-0.3, -0.25) is 9.59 Å². The molecular weight excluding hydrogens is 269 g/mol. The SMILES string of the molecule is O=C(O)C1COCC1NC(=O)C(F)(F)C(F)(F)F. The molecule has 2 N–H and O–H groups in total. The third-order valence-corrected chi connectivity index (χ3v) is 2.36. The molecule has 1 aliphatic rings. The van der Waals surface area contributed by atoms with Gasteiger partial charge >= 0.3 is 24.0 Å². The highest BCUT2D eigenvalue weighted by Crippen LogP contribution is 2.35. The lowest BCUT2D eigenvalue weighted by Gasteiger charge is -2.22. The number of hydrogen-bond acceptors (Lipinski definition) is 3. The summed E-state index contributed by atoms with van der Waals surface area (Å²) in [6, 6.07) is -1.41. The second kappa shape index (κ2) is 4.67. The Morgan fingerprint density at radius 1 is 1.17 bits per heavy atom. The number of hydrogen-bond donors (Lipinski definition) is 2. The highest BCUT2D eigenvalue weighted by atomic mass is 19.4. The predicted molar refractivity (Wildman–Crippen MR) is 44.9 cm³/mol. The van der Waals surface area contributed by atoms with Gasteiger partial charge in [0.25, 0.3) is 0 Å². The monoisotopic (exact) mass is 277 g/mol. The quantitative estimate of drug-likeness (QED) is 0.732. The van der Waals surface area contributed by atoms with E-state index in [1.165, 1.54) is 5.32 Å². The molecule has 0 aromatic carbocycles. The average molecular weight is 277 g/mol. The maximum atomic E-state index is 12.6. The van der Waals surface area contributed by atoms with Gasteiger partial charge in [-0.1, -0.05) is 0 Å². The van der Waals surface area contributed by atoms with Crippen LogP contribution in [0.5, 0.6) is 0 Å². The fraction of sp³-hybridized carbons (Fsp3) is 0.750. The number of nitrogens with one attached hydrogen (secondary N) is 1. The number of carbonyl (C=O) groups excluding carboxylic acids is 1. The topological polar surface area (TPSA) is 75.6 Å². The summed E-state index contributed by atoms with van der Waals surface area (Å²) in [6.45, 7) is -0.797. The first-order valence-electron chi connectivity index (χ1n) is 4.63. The van der Waals surface area contributed by atoms with Crippen molar-refractivity contribution in [2.45, 2.75) is 18.1 Å². The highest BCUT2D eigenvalue weighted by molar-refractivity contribution is 5.85. The van der Waals surface area contributed by atoms with Gasteiger partial charge in [-0.05, 0) is 0 Å². The van der Waals surface area contributed by atoms with Crippen molar-refractivity contribution in [1.82, 2.24) is 5.32 Å². The number of ether oxygens (including phenoxy) is 1. The molecule has 1 saturated heterocycles. The predicted octanol–water partition coefficient (Wildman–Crippen LogP) is 0.400. The Hall–Kier alpha value is -1.45. The first-order valence-corrected chi connectivity index (χ1v) is 4.63. The van der Waals surface area contributed by atoms with Gasteiger partial charge in [-0.25, -0.2) is 0 Å². The van der Waals surface area contributed by atoms with E-state index >= 15 is 0 Å². The van der Waals surface area contributed by atoms with Crippen LogP contribution in [-0.4, -0.2) is 48.3 Å². The summed E-state index contributed by atoms with van der Waals surface area (Å²) in [5, 5.41) is 9.96. The van der Waals surface area contributed by atoms with Gasteiger partial charge < -0.3 is 15.2 Å². The molecule has 1 aliphatic heterocycles. The smallest absolute Gasteiger partial charge is 0.463 e. The first kappa shape index (κ1) is 14.6. The Balaban J connectivity index is 2.74. The van der Waals surface area contributed by atoms with Crippen molar-refractivity contribution in [2.75, 3.05) is 13.2 Å².